The molecule has 4 nitrogen and oxygen atoms in total. The average molecular weight is 274 g/mol. The molecule has 108 valence electrons. The fourth-order valence-corrected chi connectivity index (χ4v) is 2.31. The summed E-state index contributed by atoms with van der Waals surface area (Å²) in [6, 6.07) is 7.36. The van der Waals surface area contributed by atoms with E-state index in [2.05, 4.69) is 10.6 Å². The van der Waals surface area contributed by atoms with E-state index in [4.69, 9.17) is 5.11 Å². The molecule has 0 spiro atoms. The van der Waals surface area contributed by atoms with E-state index in [0.717, 1.165) is 24.0 Å². The molecule has 1 aliphatic rings. The van der Waals surface area contributed by atoms with Gasteiger partial charge in [0.2, 0.25) is 0 Å². The van der Waals surface area contributed by atoms with Crippen molar-refractivity contribution >= 4 is 6.03 Å². The second-order valence-corrected chi connectivity index (χ2v) is 5.16. The number of amides is 2. The second-order valence-electron chi connectivity index (χ2n) is 5.16. The molecular weight excluding hydrogens is 252 g/mol. The first-order chi connectivity index (χ1) is 9.78. The Hall–Kier alpha value is -1.81. The topological polar surface area (TPSA) is 61.4 Å². The van der Waals surface area contributed by atoms with Crippen molar-refractivity contribution in [1.29, 1.82) is 0 Å². The Morgan fingerprint density at radius 1 is 1.10 bits per heavy atom. The van der Waals surface area contributed by atoms with Gasteiger partial charge in [0.05, 0.1) is 6.61 Å². The van der Waals surface area contributed by atoms with Crippen LogP contribution < -0.4 is 10.6 Å². The normalized spacial score (nSPS) is 14.8. The molecule has 0 radical (unpaired) electrons. The molecule has 3 N–H and O–H groups in total. The van der Waals surface area contributed by atoms with Crippen molar-refractivity contribution in [3.05, 3.63) is 47.2 Å². The molecule has 0 atom stereocenters. The molecule has 0 saturated heterocycles. The zero-order valence-electron chi connectivity index (χ0n) is 11.7. The number of nitrogens with one attached hydrogen (secondary N) is 2. The van der Waals surface area contributed by atoms with Crippen LogP contribution in [0.15, 0.2) is 36.0 Å². The van der Waals surface area contributed by atoms with E-state index in [1.165, 1.54) is 24.8 Å². The van der Waals surface area contributed by atoms with Crippen LogP contribution >= 0.6 is 0 Å². The number of benzene rings is 1. The SMILES string of the molecule is O=C(NC=C1CCCCC1)NCc1ccc(CO)cc1. The number of carbonyl (C=O) groups is 1. The summed E-state index contributed by atoms with van der Waals surface area (Å²) < 4.78 is 0. The Balaban J connectivity index is 1.73. The third kappa shape index (κ3) is 4.70. The van der Waals surface area contributed by atoms with Crippen molar-refractivity contribution in [1.82, 2.24) is 10.6 Å². The summed E-state index contributed by atoms with van der Waals surface area (Å²) in [6.07, 6.45) is 7.81. The summed E-state index contributed by atoms with van der Waals surface area (Å²) in [7, 11) is 0. The molecular formula is C16H22N2O2. The maximum atomic E-state index is 11.7. The van der Waals surface area contributed by atoms with Crippen LogP contribution in [0.1, 0.15) is 43.2 Å². The number of rotatable bonds is 4. The first kappa shape index (κ1) is 14.6. The van der Waals surface area contributed by atoms with Crippen molar-refractivity contribution in [2.75, 3.05) is 0 Å². The molecule has 20 heavy (non-hydrogen) atoms. The summed E-state index contributed by atoms with van der Waals surface area (Å²) in [5.74, 6) is 0. The van der Waals surface area contributed by atoms with Gasteiger partial charge in [0.25, 0.3) is 0 Å². The van der Waals surface area contributed by atoms with Crippen LogP contribution in [0, 0.1) is 0 Å². The van der Waals surface area contributed by atoms with Crippen LogP contribution in [0.2, 0.25) is 0 Å². The highest BCUT2D eigenvalue weighted by Crippen LogP contribution is 2.21. The van der Waals surface area contributed by atoms with Gasteiger partial charge in [-0.15, -0.1) is 0 Å². The smallest absolute Gasteiger partial charge is 0.319 e. The van der Waals surface area contributed by atoms with Crippen molar-refractivity contribution in [3.8, 4) is 0 Å². The van der Waals surface area contributed by atoms with Crippen molar-refractivity contribution in [2.24, 2.45) is 0 Å². The fraction of sp³-hybridized carbons (Fsp3) is 0.438. The van der Waals surface area contributed by atoms with Crippen molar-refractivity contribution in [2.45, 2.75) is 45.3 Å². The number of aliphatic hydroxyl groups is 1. The van der Waals surface area contributed by atoms with E-state index in [0.29, 0.717) is 6.54 Å². The predicted octanol–water partition coefficient (Wildman–Crippen LogP) is 2.83. The van der Waals surface area contributed by atoms with E-state index in [9.17, 15) is 4.79 Å². The molecule has 1 aromatic carbocycles. The van der Waals surface area contributed by atoms with Crippen molar-refractivity contribution < 1.29 is 9.90 Å². The number of hydrogen-bond donors (Lipinski definition) is 3. The van der Waals surface area contributed by atoms with Gasteiger partial charge in [-0.25, -0.2) is 4.79 Å². The minimum absolute atomic E-state index is 0.0434. The van der Waals surface area contributed by atoms with Gasteiger partial charge in [0.15, 0.2) is 0 Å². The van der Waals surface area contributed by atoms with Gasteiger partial charge in [-0.05, 0) is 36.8 Å². The Morgan fingerprint density at radius 3 is 2.40 bits per heavy atom. The number of allylic oxidation sites excluding steroid dienone is 1. The van der Waals surface area contributed by atoms with E-state index in [1.807, 2.05) is 30.5 Å². The highest BCUT2D eigenvalue weighted by Gasteiger charge is 2.05. The van der Waals surface area contributed by atoms with E-state index in [-0.39, 0.29) is 12.6 Å². The highest BCUT2D eigenvalue weighted by molar-refractivity contribution is 5.74. The summed E-state index contributed by atoms with van der Waals surface area (Å²) in [6.45, 7) is 0.530. The Labute approximate surface area is 119 Å². The minimum Gasteiger partial charge on any atom is -0.392 e. The Morgan fingerprint density at radius 2 is 1.75 bits per heavy atom. The summed E-state index contributed by atoms with van der Waals surface area (Å²) >= 11 is 0. The molecule has 0 unspecified atom stereocenters. The monoisotopic (exact) mass is 274 g/mol. The number of carbonyl (C=O) groups excluding carboxylic acids is 1. The maximum absolute atomic E-state index is 11.7. The molecule has 2 rings (SSSR count). The lowest BCUT2D eigenvalue weighted by molar-refractivity contribution is 0.243. The average Bonchev–Trinajstić information content (AvgIpc) is 2.52. The molecule has 0 bridgehead atoms. The van der Waals surface area contributed by atoms with Crippen LogP contribution in [0.3, 0.4) is 0 Å². The van der Waals surface area contributed by atoms with Gasteiger partial charge in [-0.1, -0.05) is 36.3 Å². The van der Waals surface area contributed by atoms with E-state index < -0.39 is 0 Å². The molecule has 1 aromatic rings. The standard InChI is InChI=1S/C16H22N2O2/c19-12-15-8-6-14(7-9-15)11-18-16(20)17-10-13-4-2-1-3-5-13/h6-10,19H,1-5,11-12H2,(H2,17,18,20). The summed E-state index contributed by atoms with van der Waals surface area (Å²) in [4.78, 5) is 11.7. The van der Waals surface area contributed by atoms with Crippen LogP contribution in [0.4, 0.5) is 4.79 Å². The van der Waals surface area contributed by atoms with Gasteiger partial charge in [0.1, 0.15) is 0 Å². The lowest BCUT2D eigenvalue weighted by atomic mass is 9.96. The predicted molar refractivity (Wildman–Crippen MR) is 78.9 cm³/mol. The number of urea groups is 1. The van der Waals surface area contributed by atoms with Gasteiger partial charge in [0, 0.05) is 12.7 Å². The van der Waals surface area contributed by atoms with E-state index in [1.54, 1.807) is 0 Å². The zero-order valence-corrected chi connectivity index (χ0v) is 11.7. The number of aliphatic hydroxyl groups excluding tert-OH is 1. The quantitative estimate of drug-likeness (QED) is 0.790. The molecule has 1 fully saturated rings. The molecule has 1 aliphatic carbocycles. The fourth-order valence-electron chi connectivity index (χ4n) is 2.31. The minimum atomic E-state index is -0.172. The van der Waals surface area contributed by atoms with Crippen LogP contribution in [-0.4, -0.2) is 11.1 Å². The molecule has 1 saturated carbocycles. The van der Waals surface area contributed by atoms with Crippen LogP contribution in [0.5, 0.6) is 0 Å². The molecule has 0 heterocycles. The third-order valence-corrected chi connectivity index (χ3v) is 3.56. The van der Waals surface area contributed by atoms with E-state index >= 15 is 0 Å². The van der Waals surface area contributed by atoms with Gasteiger partial charge in [-0.2, -0.15) is 0 Å². The molecule has 2 amide bonds. The molecule has 0 aliphatic heterocycles. The van der Waals surface area contributed by atoms with Crippen LogP contribution in [0.25, 0.3) is 0 Å². The van der Waals surface area contributed by atoms with Gasteiger partial charge >= 0.3 is 6.03 Å². The third-order valence-electron chi connectivity index (χ3n) is 3.56. The van der Waals surface area contributed by atoms with Gasteiger partial charge in [-0.3, -0.25) is 0 Å². The summed E-state index contributed by atoms with van der Waals surface area (Å²) in [5, 5.41) is 14.6. The molecule has 0 aromatic heterocycles. The zero-order chi connectivity index (χ0) is 14.2. The van der Waals surface area contributed by atoms with Crippen molar-refractivity contribution in [3.63, 3.8) is 0 Å². The van der Waals surface area contributed by atoms with Crippen LogP contribution in [-0.2, 0) is 13.2 Å². The first-order valence-electron chi connectivity index (χ1n) is 7.19. The first-order valence-corrected chi connectivity index (χ1v) is 7.19. The Kier molecular flexibility index (Phi) is 5.62. The Bertz CT molecular complexity index is 458. The highest BCUT2D eigenvalue weighted by atomic mass is 16.3. The largest absolute Gasteiger partial charge is 0.392 e. The lowest BCUT2D eigenvalue weighted by Crippen LogP contribution is -2.32. The molecule has 4 heteroatoms. The lowest BCUT2D eigenvalue weighted by Gasteiger charge is -2.13. The summed E-state index contributed by atoms with van der Waals surface area (Å²) in [5.41, 5.74) is 3.22. The number of hydrogen-bond acceptors (Lipinski definition) is 2. The second kappa shape index (κ2) is 7.70. The van der Waals surface area contributed by atoms with Gasteiger partial charge < -0.3 is 15.7 Å². The maximum Gasteiger partial charge on any atom is 0.319 e.